The van der Waals surface area contributed by atoms with Gasteiger partial charge in [0.25, 0.3) is 0 Å². The van der Waals surface area contributed by atoms with Crippen molar-refractivity contribution in [2.24, 2.45) is 0 Å². The molecule has 1 heterocycles. The molecule has 4 rings (SSSR count). The van der Waals surface area contributed by atoms with Gasteiger partial charge in [-0.1, -0.05) is 42.5 Å². The first-order valence-corrected chi connectivity index (χ1v) is 8.84. The van der Waals surface area contributed by atoms with Gasteiger partial charge in [0, 0.05) is 16.3 Å². The van der Waals surface area contributed by atoms with Crippen LogP contribution >= 0.6 is 0 Å². The minimum atomic E-state index is -0.487. The summed E-state index contributed by atoms with van der Waals surface area (Å²) in [6.07, 6.45) is 0.749. The van der Waals surface area contributed by atoms with E-state index in [1.165, 1.54) is 0 Å². The summed E-state index contributed by atoms with van der Waals surface area (Å²) in [5.74, 6) is 0.00957. The summed E-state index contributed by atoms with van der Waals surface area (Å²) in [6, 6.07) is 22.3. The number of benzene rings is 3. The number of fused-ring (bicyclic) bond motifs is 3. The quantitative estimate of drug-likeness (QED) is 0.287. The number of ether oxygens (including phenoxy) is 2. The van der Waals surface area contributed by atoms with Gasteiger partial charge in [0.15, 0.2) is 6.61 Å². The molecule has 3 aromatic carbocycles. The number of aromatic nitrogens is 1. The van der Waals surface area contributed by atoms with Gasteiger partial charge in [-0.3, -0.25) is 4.79 Å². The van der Waals surface area contributed by atoms with Gasteiger partial charge < -0.3 is 9.47 Å². The first-order valence-electron chi connectivity index (χ1n) is 8.84. The number of hydrogen-bond donors (Lipinski definition) is 0. The molecule has 0 aliphatic rings. The fourth-order valence-corrected chi connectivity index (χ4v) is 3.06. The molecule has 0 saturated carbocycles. The Bertz CT molecular complexity index is 1150. The van der Waals surface area contributed by atoms with Crippen molar-refractivity contribution >= 4 is 33.9 Å². The van der Waals surface area contributed by atoms with E-state index >= 15 is 0 Å². The molecule has 0 aliphatic carbocycles. The molecule has 0 saturated heterocycles. The van der Waals surface area contributed by atoms with Gasteiger partial charge in [-0.15, -0.1) is 0 Å². The monoisotopic (exact) mass is 371 g/mol. The number of aldehydes is 1. The highest BCUT2D eigenvalue weighted by atomic mass is 16.6. The molecule has 138 valence electrons. The van der Waals surface area contributed by atoms with E-state index < -0.39 is 5.97 Å². The average molecular weight is 371 g/mol. The van der Waals surface area contributed by atoms with E-state index in [2.05, 4.69) is 4.98 Å². The van der Waals surface area contributed by atoms with Crippen LogP contribution in [0.2, 0.25) is 0 Å². The summed E-state index contributed by atoms with van der Waals surface area (Å²) in [5.41, 5.74) is 2.11. The topological polar surface area (TPSA) is 65.5 Å². The third kappa shape index (κ3) is 3.69. The second-order valence-electron chi connectivity index (χ2n) is 6.26. The third-order valence-corrected chi connectivity index (χ3v) is 4.43. The molecule has 0 N–H and O–H groups in total. The van der Waals surface area contributed by atoms with Crippen LogP contribution in [0, 0.1) is 0 Å². The zero-order valence-corrected chi connectivity index (χ0v) is 15.0. The Morgan fingerprint density at radius 1 is 0.857 bits per heavy atom. The molecule has 5 nitrogen and oxygen atoms in total. The predicted octanol–water partition coefficient (Wildman–Crippen LogP) is 4.32. The number of rotatable bonds is 6. The molecule has 0 amide bonds. The van der Waals surface area contributed by atoms with Crippen LogP contribution in [0.1, 0.15) is 16.1 Å². The number of esters is 1. The lowest BCUT2D eigenvalue weighted by atomic mass is 10.0. The van der Waals surface area contributed by atoms with Gasteiger partial charge in [0.05, 0.1) is 11.2 Å². The van der Waals surface area contributed by atoms with Crippen LogP contribution in [-0.2, 0) is 16.1 Å². The van der Waals surface area contributed by atoms with Crippen molar-refractivity contribution in [1.82, 2.24) is 4.98 Å². The summed E-state index contributed by atoms with van der Waals surface area (Å²) in [6.45, 7) is -0.149. The molecule has 0 spiro atoms. The van der Waals surface area contributed by atoms with Gasteiger partial charge in [-0.25, -0.2) is 9.78 Å². The van der Waals surface area contributed by atoms with Crippen molar-refractivity contribution in [3.63, 3.8) is 0 Å². The van der Waals surface area contributed by atoms with E-state index in [0.717, 1.165) is 28.0 Å². The molecule has 0 fully saturated rings. The van der Waals surface area contributed by atoms with Crippen LogP contribution in [0.25, 0.3) is 21.7 Å². The van der Waals surface area contributed by atoms with Gasteiger partial charge >= 0.3 is 5.97 Å². The van der Waals surface area contributed by atoms with E-state index in [4.69, 9.17) is 9.47 Å². The molecular weight excluding hydrogens is 354 g/mol. The lowest BCUT2D eigenvalue weighted by molar-refractivity contribution is -0.147. The standard InChI is InChI=1S/C23H17NO4/c25-13-16-9-11-17(12-10-16)27-15-23(26)28-14-22-20-7-2-1-5-18(20)19-6-3-4-8-21(19)24-22/h1-13H,14-15H2. The minimum Gasteiger partial charge on any atom is -0.482 e. The Hall–Kier alpha value is -3.73. The fraction of sp³-hybridized carbons (Fsp3) is 0.0870. The normalized spacial score (nSPS) is 10.7. The molecule has 0 unspecified atom stereocenters. The van der Waals surface area contributed by atoms with E-state index in [0.29, 0.717) is 17.0 Å². The van der Waals surface area contributed by atoms with E-state index in [-0.39, 0.29) is 13.2 Å². The maximum atomic E-state index is 12.1. The lowest BCUT2D eigenvalue weighted by Crippen LogP contribution is -2.15. The third-order valence-electron chi connectivity index (χ3n) is 4.43. The van der Waals surface area contributed by atoms with Gasteiger partial charge in [-0.2, -0.15) is 0 Å². The van der Waals surface area contributed by atoms with E-state index in [1.807, 2.05) is 48.5 Å². The van der Waals surface area contributed by atoms with Gasteiger partial charge in [0.1, 0.15) is 18.6 Å². The summed E-state index contributed by atoms with van der Waals surface area (Å²) in [7, 11) is 0. The van der Waals surface area contributed by atoms with Gasteiger partial charge in [-0.05, 0) is 35.7 Å². The average Bonchev–Trinajstić information content (AvgIpc) is 2.76. The summed E-state index contributed by atoms with van der Waals surface area (Å²) in [4.78, 5) is 27.4. The van der Waals surface area contributed by atoms with Crippen molar-refractivity contribution in [2.45, 2.75) is 6.61 Å². The van der Waals surface area contributed by atoms with Crippen LogP contribution in [0.3, 0.4) is 0 Å². The van der Waals surface area contributed by atoms with Crippen LogP contribution in [0.5, 0.6) is 5.75 Å². The fourth-order valence-electron chi connectivity index (χ4n) is 3.06. The van der Waals surface area contributed by atoms with Crippen molar-refractivity contribution in [1.29, 1.82) is 0 Å². The van der Waals surface area contributed by atoms with Crippen LogP contribution in [0.15, 0.2) is 72.8 Å². The summed E-state index contributed by atoms with van der Waals surface area (Å²) in [5, 5.41) is 3.10. The minimum absolute atomic E-state index is 0.0671. The summed E-state index contributed by atoms with van der Waals surface area (Å²) < 4.78 is 10.8. The molecule has 0 radical (unpaired) electrons. The van der Waals surface area contributed by atoms with Crippen LogP contribution in [-0.4, -0.2) is 23.8 Å². The number of pyridine rings is 1. The largest absolute Gasteiger partial charge is 0.482 e. The SMILES string of the molecule is O=Cc1ccc(OCC(=O)OCc2nc3ccccc3c3ccccc23)cc1. The highest BCUT2D eigenvalue weighted by molar-refractivity contribution is 6.06. The molecule has 0 atom stereocenters. The molecule has 0 aliphatic heterocycles. The van der Waals surface area contributed by atoms with Crippen LogP contribution in [0.4, 0.5) is 0 Å². The number of nitrogens with zero attached hydrogens (tertiary/aromatic N) is 1. The molecule has 28 heavy (non-hydrogen) atoms. The molecular formula is C23H17NO4. The molecule has 5 heteroatoms. The lowest BCUT2D eigenvalue weighted by Gasteiger charge is -2.11. The first kappa shape index (κ1) is 17.7. The van der Waals surface area contributed by atoms with E-state index in [1.54, 1.807) is 24.3 Å². The molecule has 1 aromatic heterocycles. The van der Waals surface area contributed by atoms with Crippen molar-refractivity contribution in [3.05, 3.63) is 84.1 Å². The number of para-hydroxylation sites is 1. The Balaban J connectivity index is 1.47. The number of carbonyl (C=O) groups is 2. The van der Waals surface area contributed by atoms with Gasteiger partial charge in [0.2, 0.25) is 0 Å². The molecule has 4 aromatic rings. The highest BCUT2D eigenvalue weighted by Crippen LogP contribution is 2.26. The number of carbonyl (C=O) groups excluding carboxylic acids is 2. The Morgan fingerprint density at radius 2 is 1.54 bits per heavy atom. The smallest absolute Gasteiger partial charge is 0.344 e. The van der Waals surface area contributed by atoms with E-state index in [9.17, 15) is 9.59 Å². The number of hydrogen-bond acceptors (Lipinski definition) is 5. The zero-order chi connectivity index (χ0) is 19.3. The maximum Gasteiger partial charge on any atom is 0.344 e. The second kappa shape index (κ2) is 7.88. The Kier molecular flexibility index (Phi) is 4.97. The van der Waals surface area contributed by atoms with Crippen molar-refractivity contribution in [2.75, 3.05) is 6.61 Å². The Labute approximate surface area is 161 Å². The molecule has 0 bridgehead atoms. The first-order chi connectivity index (χ1) is 13.7. The second-order valence-corrected chi connectivity index (χ2v) is 6.26. The van der Waals surface area contributed by atoms with Crippen molar-refractivity contribution in [3.8, 4) is 5.75 Å². The van der Waals surface area contributed by atoms with Crippen LogP contribution < -0.4 is 4.74 Å². The Morgan fingerprint density at radius 3 is 2.29 bits per heavy atom. The highest BCUT2D eigenvalue weighted by Gasteiger charge is 2.11. The van der Waals surface area contributed by atoms with Crippen molar-refractivity contribution < 1.29 is 19.1 Å². The zero-order valence-electron chi connectivity index (χ0n) is 15.0. The maximum absolute atomic E-state index is 12.1. The predicted molar refractivity (Wildman–Crippen MR) is 106 cm³/mol. The summed E-state index contributed by atoms with van der Waals surface area (Å²) >= 11 is 0.